The number of urea groups is 1. The number of amides is 3. The lowest BCUT2D eigenvalue weighted by Gasteiger charge is -2.39. The van der Waals surface area contributed by atoms with Crippen LogP contribution in [0.2, 0.25) is 0 Å². The number of ether oxygens (including phenoxy) is 2. The Labute approximate surface area is 252 Å². The third-order valence-corrected chi connectivity index (χ3v) is 11.1. The maximum absolute atomic E-state index is 13.8. The van der Waals surface area contributed by atoms with Gasteiger partial charge in [-0.3, -0.25) is 9.69 Å². The normalized spacial score (nSPS) is 32.8. The number of nitrogens with zero attached hydrogens (tertiary/aromatic N) is 3. The highest BCUT2D eigenvalue weighted by atomic mass is 16.5. The predicted octanol–water partition coefficient (Wildman–Crippen LogP) is 4.84. The van der Waals surface area contributed by atoms with Crippen LogP contribution in [0.25, 0.3) is 0 Å². The van der Waals surface area contributed by atoms with Crippen LogP contribution in [0, 0.1) is 17.8 Å². The van der Waals surface area contributed by atoms with Crippen molar-refractivity contribution in [1.82, 2.24) is 20.0 Å². The lowest BCUT2D eigenvalue weighted by atomic mass is 9.81. The number of hydrogen-bond acceptors (Lipinski definition) is 5. The molecular formula is C34H52N4O4. The van der Waals surface area contributed by atoms with Crippen LogP contribution < -0.4 is 5.32 Å². The number of piperidine rings is 1. The highest BCUT2D eigenvalue weighted by Gasteiger charge is 2.58. The second kappa shape index (κ2) is 12.8. The molecule has 6 rings (SSSR count). The molecule has 0 radical (unpaired) electrons. The first-order chi connectivity index (χ1) is 20.4. The Balaban J connectivity index is 1.13. The van der Waals surface area contributed by atoms with Gasteiger partial charge in [0, 0.05) is 58.0 Å². The zero-order chi connectivity index (χ0) is 29.3. The second-order valence-electron chi connectivity index (χ2n) is 14.1. The molecule has 3 saturated heterocycles. The predicted molar refractivity (Wildman–Crippen MR) is 163 cm³/mol. The van der Waals surface area contributed by atoms with Crippen LogP contribution in [-0.2, 0) is 14.3 Å². The standard InChI is InChI=1S/C34H52N4O4/c1-24(2)38-33(40)37(22-25-12-16-42-17-13-25)23-34(38)20-27-10-7-14-36(31(27)21-34)15-11-30(26-8-5-4-6-9-26)35-32(39)28-18-29(19-28)41-3/h4-6,8-9,24-25,27-31H,7,10-23H2,1-3H3,(H,35,39)/t27?,28?,29?,30-,31?,34?/m0/s1. The van der Waals surface area contributed by atoms with Crippen LogP contribution in [0.5, 0.6) is 0 Å². The van der Waals surface area contributed by atoms with Crippen molar-refractivity contribution in [3.8, 4) is 0 Å². The molecule has 5 fully saturated rings. The van der Waals surface area contributed by atoms with Gasteiger partial charge in [-0.25, -0.2) is 4.79 Å². The van der Waals surface area contributed by atoms with Gasteiger partial charge in [-0.05, 0) is 95.6 Å². The molecule has 5 aliphatic rings. The Bertz CT molecular complexity index is 1070. The maximum atomic E-state index is 13.8. The number of fused-ring (bicyclic) bond motifs is 1. The average molecular weight is 581 g/mol. The molecule has 3 aliphatic heterocycles. The zero-order valence-corrected chi connectivity index (χ0v) is 26.0. The van der Waals surface area contributed by atoms with Gasteiger partial charge in [0.25, 0.3) is 0 Å². The number of carbonyl (C=O) groups excluding carboxylic acids is 2. The van der Waals surface area contributed by atoms with E-state index in [9.17, 15) is 9.59 Å². The van der Waals surface area contributed by atoms with Crippen molar-refractivity contribution in [3.05, 3.63) is 35.9 Å². The number of methoxy groups -OCH3 is 1. The molecule has 1 N–H and O–H groups in total. The highest BCUT2D eigenvalue weighted by molar-refractivity contribution is 5.80. The van der Waals surface area contributed by atoms with Crippen LogP contribution in [0.15, 0.2) is 30.3 Å². The molecule has 1 spiro atoms. The number of hydrogen-bond donors (Lipinski definition) is 1. The lowest BCUT2D eigenvalue weighted by Crippen LogP contribution is -2.50. The van der Waals surface area contributed by atoms with Gasteiger partial charge in [-0.1, -0.05) is 30.3 Å². The van der Waals surface area contributed by atoms with Gasteiger partial charge in [0.1, 0.15) is 0 Å². The van der Waals surface area contributed by atoms with E-state index in [1.165, 1.54) is 18.4 Å². The maximum Gasteiger partial charge on any atom is 0.320 e. The summed E-state index contributed by atoms with van der Waals surface area (Å²) in [5.74, 6) is 1.40. The summed E-state index contributed by atoms with van der Waals surface area (Å²) in [6, 6.07) is 11.4. The smallest absolute Gasteiger partial charge is 0.320 e. The first kappa shape index (κ1) is 29.9. The highest BCUT2D eigenvalue weighted by Crippen LogP contribution is 2.49. The van der Waals surface area contributed by atoms with E-state index < -0.39 is 0 Å². The molecule has 8 nitrogen and oxygen atoms in total. The van der Waals surface area contributed by atoms with E-state index in [1.54, 1.807) is 7.11 Å². The van der Waals surface area contributed by atoms with Gasteiger partial charge in [-0.2, -0.15) is 0 Å². The minimum absolute atomic E-state index is 0.00576. The third kappa shape index (κ3) is 6.09. The molecule has 0 bridgehead atoms. The summed E-state index contributed by atoms with van der Waals surface area (Å²) in [6.07, 6.45) is 9.52. The Morgan fingerprint density at radius 1 is 1.12 bits per heavy atom. The van der Waals surface area contributed by atoms with E-state index in [-0.39, 0.29) is 41.6 Å². The summed E-state index contributed by atoms with van der Waals surface area (Å²) < 4.78 is 11.0. The van der Waals surface area contributed by atoms with Crippen LogP contribution in [0.3, 0.4) is 0 Å². The minimum Gasteiger partial charge on any atom is -0.381 e. The van der Waals surface area contributed by atoms with Gasteiger partial charge in [0.05, 0.1) is 17.7 Å². The summed E-state index contributed by atoms with van der Waals surface area (Å²) in [5.41, 5.74) is 1.12. The van der Waals surface area contributed by atoms with E-state index >= 15 is 0 Å². The Morgan fingerprint density at radius 3 is 2.60 bits per heavy atom. The van der Waals surface area contributed by atoms with Crippen molar-refractivity contribution in [2.24, 2.45) is 17.8 Å². The van der Waals surface area contributed by atoms with Crippen molar-refractivity contribution >= 4 is 11.9 Å². The fraction of sp³-hybridized carbons (Fsp3) is 0.765. The molecule has 0 aromatic heterocycles. The van der Waals surface area contributed by atoms with Crippen LogP contribution in [0.1, 0.15) is 83.2 Å². The summed E-state index contributed by atoms with van der Waals surface area (Å²) >= 11 is 0. The lowest BCUT2D eigenvalue weighted by molar-refractivity contribution is -0.133. The molecular weight excluding hydrogens is 528 g/mol. The van der Waals surface area contributed by atoms with Crippen molar-refractivity contribution in [1.29, 1.82) is 0 Å². The third-order valence-electron chi connectivity index (χ3n) is 11.1. The fourth-order valence-electron chi connectivity index (χ4n) is 8.88. The number of carbonyl (C=O) groups is 2. The molecule has 3 unspecified atom stereocenters. The van der Waals surface area contributed by atoms with E-state index in [1.807, 2.05) is 6.07 Å². The zero-order valence-electron chi connectivity index (χ0n) is 26.0. The molecule has 1 aromatic rings. The Kier molecular flexibility index (Phi) is 9.13. The number of nitrogens with one attached hydrogen (secondary N) is 1. The van der Waals surface area contributed by atoms with Gasteiger partial charge in [0.15, 0.2) is 0 Å². The van der Waals surface area contributed by atoms with Crippen LogP contribution in [0.4, 0.5) is 4.79 Å². The van der Waals surface area contributed by atoms with Gasteiger partial charge in [0.2, 0.25) is 5.91 Å². The summed E-state index contributed by atoms with van der Waals surface area (Å²) in [5, 5.41) is 3.41. The van der Waals surface area contributed by atoms with E-state index in [2.05, 4.69) is 58.1 Å². The topological polar surface area (TPSA) is 74.4 Å². The molecule has 4 atom stereocenters. The van der Waals surface area contributed by atoms with Crippen molar-refractivity contribution in [2.45, 2.75) is 101 Å². The number of likely N-dealkylation sites (tertiary alicyclic amines) is 1. The number of benzene rings is 1. The van der Waals surface area contributed by atoms with Gasteiger partial charge in [-0.15, -0.1) is 0 Å². The first-order valence-corrected chi connectivity index (χ1v) is 16.6. The van der Waals surface area contributed by atoms with Crippen molar-refractivity contribution in [3.63, 3.8) is 0 Å². The van der Waals surface area contributed by atoms with Crippen LogP contribution in [-0.4, -0.2) is 96.9 Å². The fourth-order valence-corrected chi connectivity index (χ4v) is 8.88. The molecule has 8 heteroatoms. The van der Waals surface area contributed by atoms with E-state index in [0.717, 1.165) is 84.3 Å². The summed E-state index contributed by atoms with van der Waals surface area (Å²) in [6.45, 7) is 9.84. The molecule has 2 saturated carbocycles. The second-order valence-corrected chi connectivity index (χ2v) is 14.1. The SMILES string of the molecule is COC1CC(C(=O)N[C@@H](CCN2CCCC3CC4(CC32)CN(CC2CCOCC2)C(=O)N4C(C)C)c2ccccc2)C1. The van der Waals surface area contributed by atoms with Crippen LogP contribution >= 0.6 is 0 Å². The Hall–Kier alpha value is -2.16. The molecule has 3 amide bonds. The molecule has 42 heavy (non-hydrogen) atoms. The van der Waals surface area contributed by atoms with Gasteiger partial charge >= 0.3 is 6.03 Å². The summed E-state index contributed by atoms with van der Waals surface area (Å²) in [4.78, 5) is 34.1. The largest absolute Gasteiger partial charge is 0.381 e. The quantitative estimate of drug-likeness (QED) is 0.429. The molecule has 2 aliphatic carbocycles. The molecule has 232 valence electrons. The Morgan fingerprint density at radius 2 is 1.88 bits per heavy atom. The van der Waals surface area contributed by atoms with Crippen molar-refractivity contribution in [2.75, 3.05) is 46.5 Å². The van der Waals surface area contributed by atoms with E-state index in [4.69, 9.17) is 9.47 Å². The molecule has 1 aromatic carbocycles. The van der Waals surface area contributed by atoms with Crippen molar-refractivity contribution < 1.29 is 19.1 Å². The minimum atomic E-state index is -0.0660. The monoisotopic (exact) mass is 580 g/mol. The summed E-state index contributed by atoms with van der Waals surface area (Å²) in [7, 11) is 1.73. The van der Waals surface area contributed by atoms with Gasteiger partial charge < -0.3 is 24.6 Å². The number of rotatable bonds is 10. The first-order valence-electron chi connectivity index (χ1n) is 16.6. The average Bonchev–Trinajstić information content (AvgIpc) is 3.46. The van der Waals surface area contributed by atoms with E-state index in [0.29, 0.717) is 17.9 Å². The molecule has 3 heterocycles.